The molecular weight excluding hydrogens is 528 g/mol. The van der Waals surface area contributed by atoms with Gasteiger partial charge < -0.3 is 15.8 Å². The smallest absolute Gasteiger partial charge is 0.116 e. The van der Waals surface area contributed by atoms with Crippen molar-refractivity contribution < 1.29 is 5.11 Å². The molecule has 0 bridgehead atoms. The molecule has 6 rings (SSSR count). The normalized spacial score (nSPS) is 14.9. The number of aryl methyl sites for hydroxylation is 1. The van der Waals surface area contributed by atoms with Gasteiger partial charge in [0.25, 0.3) is 0 Å². The van der Waals surface area contributed by atoms with Crippen molar-refractivity contribution in [1.82, 2.24) is 14.8 Å². The third-order valence-corrected chi connectivity index (χ3v) is 7.98. The van der Waals surface area contributed by atoms with E-state index in [2.05, 4.69) is 88.4 Å². The monoisotopic (exact) mass is 566 g/mol. The van der Waals surface area contributed by atoms with Gasteiger partial charge in [-0.25, -0.2) is 0 Å². The first-order valence-electron chi connectivity index (χ1n) is 14.3. The van der Waals surface area contributed by atoms with Gasteiger partial charge in [-0.05, 0) is 72.5 Å². The van der Waals surface area contributed by atoms with Crippen LogP contribution in [0.1, 0.15) is 33.9 Å². The van der Waals surface area contributed by atoms with Crippen LogP contribution in [0, 0.1) is 6.92 Å². The third kappa shape index (κ3) is 7.57. The topological polar surface area (TPSA) is 68.5 Å². The molecular formula is C35H39ClN4O. The van der Waals surface area contributed by atoms with E-state index in [0.29, 0.717) is 12.3 Å². The summed E-state index contributed by atoms with van der Waals surface area (Å²) in [5.74, 6) is 0.297. The average molecular weight is 567 g/mol. The van der Waals surface area contributed by atoms with E-state index < -0.39 is 0 Å². The highest BCUT2D eigenvalue weighted by atomic mass is 35.5. The molecule has 0 aliphatic carbocycles. The fraction of sp³-hybridized carbons (Fsp3) is 0.257. The fourth-order valence-electron chi connectivity index (χ4n) is 5.67. The number of piperazine rings is 1. The van der Waals surface area contributed by atoms with Gasteiger partial charge in [0.1, 0.15) is 5.75 Å². The van der Waals surface area contributed by atoms with Gasteiger partial charge in [-0.3, -0.25) is 9.80 Å². The lowest BCUT2D eigenvalue weighted by Gasteiger charge is -2.40. The summed E-state index contributed by atoms with van der Waals surface area (Å²) in [5.41, 5.74) is 13.1. The van der Waals surface area contributed by atoms with E-state index in [9.17, 15) is 5.11 Å². The summed E-state index contributed by atoms with van der Waals surface area (Å²) in [6.07, 6.45) is 2.78. The van der Waals surface area contributed by atoms with E-state index in [1.54, 1.807) is 12.1 Å². The van der Waals surface area contributed by atoms with E-state index in [0.717, 1.165) is 60.6 Å². The number of nitrogens with one attached hydrogen (secondary N) is 1. The van der Waals surface area contributed by atoms with E-state index in [4.69, 9.17) is 17.3 Å². The second-order valence-electron chi connectivity index (χ2n) is 10.7. The van der Waals surface area contributed by atoms with Crippen molar-refractivity contribution in [3.05, 3.63) is 136 Å². The molecule has 0 amide bonds. The Hall–Kier alpha value is -3.61. The summed E-state index contributed by atoms with van der Waals surface area (Å²) < 4.78 is 0. The first-order chi connectivity index (χ1) is 20.0. The van der Waals surface area contributed by atoms with Gasteiger partial charge in [0.15, 0.2) is 0 Å². The van der Waals surface area contributed by atoms with Crippen molar-refractivity contribution >= 4 is 22.5 Å². The molecule has 212 valence electrons. The number of hydrogen-bond donors (Lipinski definition) is 3. The minimum Gasteiger partial charge on any atom is -0.508 e. The highest BCUT2D eigenvalue weighted by Gasteiger charge is 2.26. The maximum atomic E-state index is 9.30. The molecule has 5 nitrogen and oxygen atoms in total. The molecule has 0 saturated carbocycles. The summed E-state index contributed by atoms with van der Waals surface area (Å²) in [4.78, 5) is 8.30. The molecule has 6 heteroatoms. The zero-order valence-electron chi connectivity index (χ0n) is 23.6. The number of aromatic hydroxyl groups is 1. The molecule has 0 spiro atoms. The lowest BCUT2D eigenvalue weighted by Crippen LogP contribution is -2.47. The van der Waals surface area contributed by atoms with Crippen molar-refractivity contribution in [1.29, 1.82) is 0 Å². The zero-order chi connectivity index (χ0) is 28.6. The maximum absolute atomic E-state index is 9.30. The number of phenols is 1. The molecule has 5 aromatic rings. The number of hydrogen-bond acceptors (Lipinski definition) is 4. The summed E-state index contributed by atoms with van der Waals surface area (Å²) in [6, 6.07) is 33.6. The van der Waals surface area contributed by atoms with Crippen LogP contribution in [0.5, 0.6) is 5.75 Å². The number of fused-ring (bicyclic) bond motifs is 1. The van der Waals surface area contributed by atoms with Gasteiger partial charge in [0.05, 0.1) is 6.04 Å². The Morgan fingerprint density at radius 1 is 0.854 bits per heavy atom. The quantitative estimate of drug-likeness (QED) is 0.200. The first-order valence-corrected chi connectivity index (χ1v) is 14.7. The molecule has 1 atom stereocenters. The minimum absolute atomic E-state index is 0.277. The first kappa shape index (κ1) is 28.9. The molecule has 0 radical (unpaired) electrons. The van der Waals surface area contributed by atoms with Crippen molar-refractivity contribution in [2.75, 3.05) is 32.7 Å². The number of halogens is 1. The van der Waals surface area contributed by atoms with Crippen LogP contribution in [0.2, 0.25) is 5.02 Å². The van der Waals surface area contributed by atoms with Gasteiger partial charge in [-0.15, -0.1) is 0 Å². The van der Waals surface area contributed by atoms with Gasteiger partial charge in [-0.2, -0.15) is 0 Å². The van der Waals surface area contributed by atoms with Crippen LogP contribution < -0.4 is 5.73 Å². The van der Waals surface area contributed by atoms with Crippen LogP contribution in [-0.4, -0.2) is 52.6 Å². The molecule has 1 aliphatic heterocycles. The van der Waals surface area contributed by atoms with Crippen LogP contribution >= 0.6 is 11.6 Å². The van der Waals surface area contributed by atoms with Gasteiger partial charge in [-0.1, -0.05) is 83.9 Å². The largest absolute Gasteiger partial charge is 0.508 e. The molecule has 1 aliphatic rings. The molecule has 4 aromatic carbocycles. The summed E-state index contributed by atoms with van der Waals surface area (Å²) in [5, 5.41) is 11.1. The van der Waals surface area contributed by atoms with E-state index >= 15 is 0 Å². The molecule has 1 unspecified atom stereocenters. The van der Waals surface area contributed by atoms with Crippen molar-refractivity contribution in [3.63, 3.8) is 0 Å². The second-order valence-corrected chi connectivity index (χ2v) is 11.2. The summed E-state index contributed by atoms with van der Waals surface area (Å²) >= 11 is 6.14. The SMILES string of the molecule is Cc1cccc(CN2CCN(C(c3ccccc3)c3ccc(Cl)cc3)CC2)c1.NCCc1c[nH]c2ccc(O)cc12. The Labute approximate surface area is 248 Å². The van der Waals surface area contributed by atoms with E-state index in [1.165, 1.54) is 22.3 Å². The number of nitrogens with zero attached hydrogens (tertiary/aromatic N) is 2. The predicted molar refractivity (Wildman–Crippen MR) is 170 cm³/mol. The summed E-state index contributed by atoms with van der Waals surface area (Å²) in [6.45, 7) is 8.13. The number of phenolic OH excluding ortho intramolecular Hbond substituents is 1. The standard InChI is InChI=1S/C25H27ClN2.C10H12N2O/c1-20-6-5-7-21(18-20)19-27-14-16-28(17-15-27)25(22-8-3-2-4-9-22)23-10-12-24(26)13-11-23;11-4-3-7-6-12-10-2-1-8(13)5-9(7)10/h2-13,18,25H,14-17,19H2,1H3;1-2,5-6,12-13H,3-4,11H2. The lowest BCUT2D eigenvalue weighted by atomic mass is 9.96. The number of rotatable bonds is 7. The summed E-state index contributed by atoms with van der Waals surface area (Å²) in [7, 11) is 0. The molecule has 2 heterocycles. The van der Waals surface area contributed by atoms with Gasteiger partial charge >= 0.3 is 0 Å². The van der Waals surface area contributed by atoms with Crippen LogP contribution in [0.15, 0.2) is 103 Å². The number of benzene rings is 4. The molecule has 41 heavy (non-hydrogen) atoms. The second kappa shape index (κ2) is 13.8. The number of H-pyrrole nitrogens is 1. The highest BCUT2D eigenvalue weighted by molar-refractivity contribution is 6.30. The van der Waals surface area contributed by atoms with Crippen LogP contribution in [0.25, 0.3) is 10.9 Å². The number of aromatic nitrogens is 1. The number of nitrogens with two attached hydrogens (primary N) is 1. The minimum atomic E-state index is 0.277. The molecule has 1 aromatic heterocycles. The Kier molecular flexibility index (Phi) is 9.75. The Balaban J connectivity index is 0.000000216. The van der Waals surface area contributed by atoms with Crippen LogP contribution in [0.4, 0.5) is 0 Å². The third-order valence-electron chi connectivity index (χ3n) is 7.73. The van der Waals surface area contributed by atoms with Gasteiger partial charge in [0.2, 0.25) is 0 Å². The fourth-order valence-corrected chi connectivity index (χ4v) is 5.80. The molecule has 1 fully saturated rings. The average Bonchev–Trinajstić information content (AvgIpc) is 3.38. The number of aromatic amines is 1. The predicted octanol–water partition coefficient (Wildman–Crippen LogP) is 6.93. The Bertz CT molecular complexity index is 1530. The lowest BCUT2D eigenvalue weighted by molar-refractivity contribution is 0.105. The van der Waals surface area contributed by atoms with E-state index in [1.807, 2.05) is 24.4 Å². The van der Waals surface area contributed by atoms with E-state index in [-0.39, 0.29) is 6.04 Å². The Morgan fingerprint density at radius 2 is 1.59 bits per heavy atom. The molecule has 1 saturated heterocycles. The highest BCUT2D eigenvalue weighted by Crippen LogP contribution is 2.30. The van der Waals surface area contributed by atoms with Crippen molar-refractivity contribution in [2.24, 2.45) is 5.73 Å². The van der Waals surface area contributed by atoms with Crippen LogP contribution in [0.3, 0.4) is 0 Å². The zero-order valence-corrected chi connectivity index (χ0v) is 24.4. The van der Waals surface area contributed by atoms with Crippen molar-refractivity contribution in [3.8, 4) is 5.75 Å². The van der Waals surface area contributed by atoms with Crippen molar-refractivity contribution in [2.45, 2.75) is 25.9 Å². The Morgan fingerprint density at radius 3 is 2.29 bits per heavy atom. The van der Waals surface area contributed by atoms with Crippen LogP contribution in [-0.2, 0) is 13.0 Å². The van der Waals surface area contributed by atoms with Gasteiger partial charge in [0, 0.05) is 54.8 Å². The molecule has 4 N–H and O–H groups in total. The maximum Gasteiger partial charge on any atom is 0.116 e.